The van der Waals surface area contributed by atoms with Crippen molar-refractivity contribution in [3.63, 3.8) is 0 Å². The zero-order valence-electron chi connectivity index (χ0n) is 12.4. The van der Waals surface area contributed by atoms with E-state index in [9.17, 15) is 4.79 Å². The average Bonchev–Trinajstić information content (AvgIpc) is 2.49. The molecule has 0 aliphatic carbocycles. The van der Waals surface area contributed by atoms with E-state index in [4.69, 9.17) is 0 Å². The van der Waals surface area contributed by atoms with Crippen LogP contribution in [0.5, 0.6) is 0 Å². The van der Waals surface area contributed by atoms with Gasteiger partial charge in [-0.25, -0.2) is 0 Å². The largest absolute Gasteiger partial charge is 0.315 e. The molecule has 20 heavy (non-hydrogen) atoms. The lowest BCUT2D eigenvalue weighted by Gasteiger charge is -2.13. The summed E-state index contributed by atoms with van der Waals surface area (Å²) >= 11 is 0. The van der Waals surface area contributed by atoms with Gasteiger partial charge in [0.1, 0.15) is 0 Å². The minimum Gasteiger partial charge on any atom is -0.315 e. The SMILES string of the molecule is CCc1ccc(-c2ccc(CNC)c(=O)n2CC)cc1. The van der Waals surface area contributed by atoms with Crippen molar-refractivity contribution >= 4 is 0 Å². The Morgan fingerprint density at radius 3 is 2.30 bits per heavy atom. The summed E-state index contributed by atoms with van der Waals surface area (Å²) in [6, 6.07) is 12.4. The summed E-state index contributed by atoms with van der Waals surface area (Å²) in [4.78, 5) is 12.4. The van der Waals surface area contributed by atoms with Gasteiger partial charge in [-0.1, -0.05) is 37.3 Å². The quantitative estimate of drug-likeness (QED) is 0.906. The van der Waals surface area contributed by atoms with Gasteiger partial charge in [0.25, 0.3) is 5.56 Å². The van der Waals surface area contributed by atoms with E-state index in [2.05, 4.69) is 36.5 Å². The highest BCUT2D eigenvalue weighted by Crippen LogP contribution is 2.19. The molecule has 0 unspecified atom stereocenters. The lowest BCUT2D eigenvalue weighted by Crippen LogP contribution is -2.26. The van der Waals surface area contributed by atoms with E-state index >= 15 is 0 Å². The monoisotopic (exact) mass is 270 g/mol. The molecule has 0 spiro atoms. The fourth-order valence-corrected chi connectivity index (χ4v) is 2.43. The zero-order chi connectivity index (χ0) is 14.5. The molecular weight excluding hydrogens is 248 g/mol. The van der Waals surface area contributed by atoms with Crippen molar-refractivity contribution in [3.8, 4) is 11.3 Å². The third-order valence-corrected chi connectivity index (χ3v) is 3.59. The maximum atomic E-state index is 12.4. The smallest absolute Gasteiger partial charge is 0.255 e. The van der Waals surface area contributed by atoms with Crippen molar-refractivity contribution in [2.75, 3.05) is 7.05 Å². The number of nitrogens with one attached hydrogen (secondary N) is 1. The Hall–Kier alpha value is -1.87. The standard InChI is InChI=1S/C17H22N2O/c1-4-13-6-8-14(9-7-13)16-11-10-15(12-18-3)17(20)19(16)5-2/h6-11,18H,4-5,12H2,1-3H3. The maximum Gasteiger partial charge on any atom is 0.255 e. The van der Waals surface area contributed by atoms with Crippen LogP contribution in [0, 0.1) is 0 Å². The summed E-state index contributed by atoms with van der Waals surface area (Å²) in [6.07, 6.45) is 1.03. The van der Waals surface area contributed by atoms with Gasteiger partial charge in [-0.2, -0.15) is 0 Å². The molecule has 0 aliphatic heterocycles. The average molecular weight is 270 g/mol. The van der Waals surface area contributed by atoms with Gasteiger partial charge in [-0.05, 0) is 37.6 Å². The molecule has 1 N–H and O–H groups in total. The topological polar surface area (TPSA) is 34.0 Å². The van der Waals surface area contributed by atoms with Crippen LogP contribution in [0.1, 0.15) is 25.0 Å². The molecule has 0 aliphatic rings. The first-order valence-electron chi connectivity index (χ1n) is 7.17. The molecule has 1 aromatic carbocycles. The normalized spacial score (nSPS) is 10.8. The van der Waals surface area contributed by atoms with Crippen LogP contribution >= 0.6 is 0 Å². The van der Waals surface area contributed by atoms with Crippen molar-refractivity contribution in [1.29, 1.82) is 0 Å². The number of hydrogen-bond acceptors (Lipinski definition) is 2. The van der Waals surface area contributed by atoms with Crippen LogP contribution in [0.15, 0.2) is 41.2 Å². The predicted molar refractivity (Wildman–Crippen MR) is 84.0 cm³/mol. The van der Waals surface area contributed by atoms with E-state index in [1.165, 1.54) is 5.56 Å². The molecule has 3 heteroatoms. The zero-order valence-corrected chi connectivity index (χ0v) is 12.4. The lowest BCUT2D eigenvalue weighted by molar-refractivity contribution is 0.707. The maximum absolute atomic E-state index is 12.4. The van der Waals surface area contributed by atoms with Crippen LogP contribution in [0.3, 0.4) is 0 Å². The van der Waals surface area contributed by atoms with Gasteiger partial charge in [0, 0.05) is 18.7 Å². The van der Waals surface area contributed by atoms with Crippen LogP contribution in [0.2, 0.25) is 0 Å². The highest BCUT2D eigenvalue weighted by atomic mass is 16.1. The third kappa shape index (κ3) is 2.83. The van der Waals surface area contributed by atoms with Crippen molar-refractivity contribution < 1.29 is 0 Å². The highest BCUT2D eigenvalue weighted by molar-refractivity contribution is 5.60. The second-order valence-corrected chi connectivity index (χ2v) is 4.87. The second-order valence-electron chi connectivity index (χ2n) is 4.87. The lowest BCUT2D eigenvalue weighted by atomic mass is 10.1. The van der Waals surface area contributed by atoms with E-state index in [1.54, 1.807) is 0 Å². The fourth-order valence-electron chi connectivity index (χ4n) is 2.43. The second kappa shape index (κ2) is 6.53. The Bertz CT molecular complexity index is 626. The number of benzene rings is 1. The number of pyridine rings is 1. The first-order chi connectivity index (χ1) is 9.71. The highest BCUT2D eigenvalue weighted by Gasteiger charge is 2.08. The van der Waals surface area contributed by atoms with Crippen molar-refractivity contribution in [1.82, 2.24) is 9.88 Å². The molecular formula is C17H22N2O. The van der Waals surface area contributed by atoms with Gasteiger partial charge >= 0.3 is 0 Å². The van der Waals surface area contributed by atoms with E-state index in [1.807, 2.05) is 30.7 Å². The molecule has 0 saturated carbocycles. The fraction of sp³-hybridized carbons (Fsp3) is 0.353. The number of hydrogen-bond donors (Lipinski definition) is 1. The van der Waals surface area contributed by atoms with Gasteiger partial charge < -0.3 is 9.88 Å². The van der Waals surface area contributed by atoms with E-state index in [0.717, 1.165) is 23.2 Å². The molecule has 3 nitrogen and oxygen atoms in total. The molecule has 0 amide bonds. The predicted octanol–water partition coefficient (Wildman–Crippen LogP) is 2.82. The van der Waals surface area contributed by atoms with Crippen LogP contribution in [0.4, 0.5) is 0 Å². The Kier molecular flexibility index (Phi) is 4.74. The molecule has 0 saturated heterocycles. The summed E-state index contributed by atoms with van der Waals surface area (Å²) in [5.41, 5.74) is 4.30. The molecule has 0 fully saturated rings. The van der Waals surface area contributed by atoms with Crippen molar-refractivity contribution in [2.24, 2.45) is 0 Å². The molecule has 1 aromatic heterocycles. The Balaban J connectivity index is 2.50. The van der Waals surface area contributed by atoms with Gasteiger partial charge in [-0.3, -0.25) is 4.79 Å². The molecule has 1 heterocycles. The summed E-state index contributed by atoms with van der Waals surface area (Å²) in [7, 11) is 1.85. The molecule has 0 atom stereocenters. The number of rotatable bonds is 5. The van der Waals surface area contributed by atoms with Crippen LogP contribution in [0.25, 0.3) is 11.3 Å². The van der Waals surface area contributed by atoms with Gasteiger partial charge in [0.2, 0.25) is 0 Å². The minimum absolute atomic E-state index is 0.0962. The minimum atomic E-state index is 0.0962. The van der Waals surface area contributed by atoms with Gasteiger partial charge in [-0.15, -0.1) is 0 Å². The van der Waals surface area contributed by atoms with Crippen molar-refractivity contribution in [3.05, 3.63) is 57.9 Å². The van der Waals surface area contributed by atoms with Crippen LogP contribution in [-0.2, 0) is 19.5 Å². The summed E-state index contributed by atoms with van der Waals surface area (Å²) < 4.78 is 1.84. The first-order valence-corrected chi connectivity index (χ1v) is 7.17. The summed E-state index contributed by atoms with van der Waals surface area (Å²) in [5.74, 6) is 0. The van der Waals surface area contributed by atoms with Gasteiger partial charge in [0.05, 0.1) is 5.69 Å². The molecule has 106 valence electrons. The molecule has 0 radical (unpaired) electrons. The number of aryl methyl sites for hydroxylation is 1. The Morgan fingerprint density at radius 1 is 1.05 bits per heavy atom. The van der Waals surface area contributed by atoms with E-state index in [0.29, 0.717) is 13.1 Å². The Labute approximate surface area is 120 Å². The van der Waals surface area contributed by atoms with E-state index in [-0.39, 0.29) is 5.56 Å². The molecule has 0 bridgehead atoms. The molecule has 2 aromatic rings. The third-order valence-electron chi connectivity index (χ3n) is 3.59. The van der Waals surface area contributed by atoms with E-state index < -0.39 is 0 Å². The van der Waals surface area contributed by atoms with Crippen LogP contribution < -0.4 is 10.9 Å². The number of nitrogens with zero attached hydrogens (tertiary/aromatic N) is 1. The first kappa shape index (κ1) is 14.5. The Morgan fingerprint density at radius 2 is 1.75 bits per heavy atom. The van der Waals surface area contributed by atoms with Crippen LogP contribution in [-0.4, -0.2) is 11.6 Å². The van der Waals surface area contributed by atoms with Gasteiger partial charge in [0.15, 0.2) is 0 Å². The van der Waals surface area contributed by atoms with Crippen molar-refractivity contribution in [2.45, 2.75) is 33.4 Å². The summed E-state index contributed by atoms with van der Waals surface area (Å²) in [5, 5.41) is 3.04. The summed E-state index contributed by atoms with van der Waals surface area (Å²) in [6.45, 7) is 5.44. The molecule has 2 rings (SSSR count). The number of aromatic nitrogens is 1.